The van der Waals surface area contributed by atoms with Crippen LogP contribution in [0, 0.1) is 0 Å². The third-order valence-electron chi connectivity index (χ3n) is 1.26. The highest BCUT2D eigenvalue weighted by Crippen LogP contribution is 2.17. The van der Waals surface area contributed by atoms with E-state index in [2.05, 4.69) is 12.3 Å². The van der Waals surface area contributed by atoms with Gasteiger partial charge in [0.05, 0.1) is 5.57 Å². The van der Waals surface area contributed by atoms with Crippen LogP contribution < -0.4 is 0 Å². The first kappa shape index (κ1) is 6.12. The molecule has 48 valence electrons. The second kappa shape index (κ2) is 2.08. The fourth-order valence-corrected chi connectivity index (χ4v) is 0.811. The van der Waals surface area contributed by atoms with E-state index in [0.717, 1.165) is 0 Å². The third-order valence-corrected chi connectivity index (χ3v) is 1.26. The molecule has 2 nitrogen and oxygen atoms in total. The van der Waals surface area contributed by atoms with Crippen molar-refractivity contribution < 1.29 is 9.53 Å². The van der Waals surface area contributed by atoms with Gasteiger partial charge < -0.3 is 4.74 Å². The molecule has 0 bridgehead atoms. The Morgan fingerprint density at radius 3 is 2.78 bits per heavy atom. The van der Waals surface area contributed by atoms with E-state index in [1.807, 2.05) is 6.92 Å². The van der Waals surface area contributed by atoms with E-state index < -0.39 is 0 Å². The summed E-state index contributed by atoms with van der Waals surface area (Å²) < 4.78 is 4.79. The number of esters is 1. The Morgan fingerprint density at radius 1 is 1.89 bits per heavy atom. The number of hydrogen-bond donors (Lipinski definition) is 0. The predicted octanol–water partition coefficient (Wildman–Crippen LogP) is 1.03. The van der Waals surface area contributed by atoms with Crippen LogP contribution in [-0.4, -0.2) is 12.1 Å². The minimum atomic E-state index is -0.266. The average Bonchev–Trinajstić information content (AvgIpc) is 2.10. The summed E-state index contributed by atoms with van der Waals surface area (Å²) in [6.45, 7) is 5.21. The van der Waals surface area contributed by atoms with Gasteiger partial charge in [-0.15, -0.1) is 5.73 Å². The summed E-state index contributed by atoms with van der Waals surface area (Å²) in [5, 5.41) is 0. The molecular formula is C7H8O2. The second-order valence-corrected chi connectivity index (χ2v) is 2.08. The van der Waals surface area contributed by atoms with Crippen molar-refractivity contribution in [2.24, 2.45) is 0 Å². The van der Waals surface area contributed by atoms with Crippen LogP contribution in [-0.2, 0) is 9.53 Å². The number of ether oxygens (including phenoxy) is 1. The van der Waals surface area contributed by atoms with Gasteiger partial charge in [-0.05, 0) is 6.92 Å². The van der Waals surface area contributed by atoms with Gasteiger partial charge in [0.25, 0.3) is 0 Å². The van der Waals surface area contributed by atoms with Gasteiger partial charge in [-0.1, -0.05) is 6.58 Å². The molecule has 0 aromatic heterocycles. The molecule has 0 saturated carbocycles. The van der Waals surface area contributed by atoms with Crippen LogP contribution in [0.25, 0.3) is 0 Å². The number of carbonyl (C=O) groups excluding carboxylic acids is 1. The molecule has 1 aliphatic rings. The van der Waals surface area contributed by atoms with Crippen molar-refractivity contribution in [3.05, 3.63) is 17.9 Å². The van der Waals surface area contributed by atoms with E-state index in [4.69, 9.17) is 4.74 Å². The Labute approximate surface area is 53.8 Å². The van der Waals surface area contributed by atoms with Crippen LogP contribution in [0.15, 0.2) is 17.9 Å². The minimum Gasteiger partial charge on any atom is -0.458 e. The topological polar surface area (TPSA) is 26.3 Å². The van der Waals surface area contributed by atoms with E-state index >= 15 is 0 Å². The normalized spacial score (nSPS) is 25.7. The van der Waals surface area contributed by atoms with Crippen molar-refractivity contribution in [1.29, 1.82) is 0 Å². The molecule has 1 saturated heterocycles. The van der Waals surface area contributed by atoms with Crippen molar-refractivity contribution in [3.63, 3.8) is 0 Å². The zero-order chi connectivity index (χ0) is 6.85. The summed E-state index contributed by atoms with van der Waals surface area (Å²) in [7, 11) is 0. The smallest absolute Gasteiger partial charge is 0.342 e. The average molecular weight is 124 g/mol. The third kappa shape index (κ3) is 1.03. The molecule has 9 heavy (non-hydrogen) atoms. The standard InChI is InChI=1S/C7H8O2/c1-3-6-4-5(2)9-7(6)8/h5H,1,4H2,2H3. The molecular weight excluding hydrogens is 116 g/mol. The van der Waals surface area contributed by atoms with E-state index in [1.54, 1.807) is 0 Å². The molecule has 2 heteroatoms. The SMILES string of the molecule is C=C=C1CC(C)OC1=O. The lowest BCUT2D eigenvalue weighted by atomic mass is 10.2. The molecule has 0 radical (unpaired) electrons. The van der Waals surface area contributed by atoms with Crippen LogP contribution in [0.2, 0.25) is 0 Å². The molecule has 1 fully saturated rings. The van der Waals surface area contributed by atoms with E-state index in [0.29, 0.717) is 12.0 Å². The minimum absolute atomic E-state index is 0.0155. The fraction of sp³-hybridized carbons (Fsp3) is 0.429. The molecule has 1 heterocycles. The molecule has 0 spiro atoms. The predicted molar refractivity (Wildman–Crippen MR) is 32.8 cm³/mol. The number of hydrogen-bond acceptors (Lipinski definition) is 2. The first-order valence-corrected chi connectivity index (χ1v) is 2.84. The molecule has 0 aliphatic carbocycles. The molecule has 1 unspecified atom stereocenters. The van der Waals surface area contributed by atoms with Crippen molar-refractivity contribution in [3.8, 4) is 0 Å². The quantitative estimate of drug-likeness (QED) is 0.274. The lowest BCUT2D eigenvalue weighted by Crippen LogP contribution is -1.99. The van der Waals surface area contributed by atoms with Crippen LogP contribution in [0.5, 0.6) is 0 Å². The summed E-state index contributed by atoms with van der Waals surface area (Å²) >= 11 is 0. The molecule has 1 atom stereocenters. The Balaban J connectivity index is 2.81. The molecule has 0 amide bonds. The van der Waals surface area contributed by atoms with Gasteiger partial charge in [-0.25, -0.2) is 4.79 Å². The number of carbonyl (C=O) groups is 1. The Kier molecular flexibility index (Phi) is 1.41. The zero-order valence-electron chi connectivity index (χ0n) is 5.31. The van der Waals surface area contributed by atoms with Gasteiger partial charge >= 0.3 is 5.97 Å². The van der Waals surface area contributed by atoms with E-state index in [1.165, 1.54) is 0 Å². The van der Waals surface area contributed by atoms with Crippen LogP contribution in [0.3, 0.4) is 0 Å². The van der Waals surface area contributed by atoms with Crippen LogP contribution >= 0.6 is 0 Å². The maximum Gasteiger partial charge on any atom is 0.342 e. The van der Waals surface area contributed by atoms with Gasteiger partial charge in [0.1, 0.15) is 6.10 Å². The Morgan fingerprint density at radius 2 is 2.56 bits per heavy atom. The summed E-state index contributed by atoms with van der Waals surface area (Å²) in [5.41, 5.74) is 3.11. The van der Waals surface area contributed by atoms with Crippen LogP contribution in [0.4, 0.5) is 0 Å². The van der Waals surface area contributed by atoms with Crippen molar-refractivity contribution in [2.75, 3.05) is 0 Å². The Hall–Kier alpha value is -1.01. The maximum atomic E-state index is 10.7. The highest BCUT2D eigenvalue weighted by Gasteiger charge is 2.24. The fourth-order valence-electron chi connectivity index (χ4n) is 0.811. The van der Waals surface area contributed by atoms with E-state index in [9.17, 15) is 4.79 Å². The molecule has 1 aliphatic heterocycles. The summed E-state index contributed by atoms with van der Waals surface area (Å²) in [4.78, 5) is 10.7. The lowest BCUT2D eigenvalue weighted by molar-refractivity contribution is -0.138. The monoisotopic (exact) mass is 124 g/mol. The largest absolute Gasteiger partial charge is 0.458 e. The van der Waals surface area contributed by atoms with Crippen molar-refractivity contribution >= 4 is 5.97 Å². The van der Waals surface area contributed by atoms with Crippen molar-refractivity contribution in [1.82, 2.24) is 0 Å². The highest BCUT2D eigenvalue weighted by atomic mass is 16.5. The second-order valence-electron chi connectivity index (χ2n) is 2.08. The first-order valence-electron chi connectivity index (χ1n) is 2.84. The van der Waals surface area contributed by atoms with Gasteiger partial charge in [-0.3, -0.25) is 0 Å². The van der Waals surface area contributed by atoms with Gasteiger partial charge in [-0.2, -0.15) is 0 Å². The van der Waals surface area contributed by atoms with Crippen LogP contribution in [0.1, 0.15) is 13.3 Å². The maximum absolute atomic E-state index is 10.7. The van der Waals surface area contributed by atoms with Gasteiger partial charge in [0.2, 0.25) is 0 Å². The number of rotatable bonds is 0. The Bertz CT molecular complexity index is 187. The van der Waals surface area contributed by atoms with E-state index in [-0.39, 0.29) is 12.1 Å². The molecule has 1 rings (SSSR count). The molecule has 0 aromatic carbocycles. The summed E-state index contributed by atoms with van der Waals surface area (Å²) in [6.07, 6.45) is 0.671. The van der Waals surface area contributed by atoms with Crippen molar-refractivity contribution in [2.45, 2.75) is 19.4 Å². The summed E-state index contributed by atoms with van der Waals surface area (Å²) in [6, 6.07) is 0. The van der Waals surface area contributed by atoms with Gasteiger partial charge in [0, 0.05) is 6.42 Å². The zero-order valence-corrected chi connectivity index (χ0v) is 5.31. The highest BCUT2D eigenvalue weighted by molar-refractivity contribution is 5.90. The first-order chi connectivity index (χ1) is 4.24. The van der Waals surface area contributed by atoms with Gasteiger partial charge in [0.15, 0.2) is 0 Å². The summed E-state index contributed by atoms with van der Waals surface area (Å²) in [5.74, 6) is -0.266. The number of cyclic esters (lactones) is 1. The molecule has 0 aromatic rings. The molecule has 0 N–H and O–H groups in total. The lowest BCUT2D eigenvalue weighted by Gasteiger charge is -1.94.